The van der Waals surface area contributed by atoms with Crippen molar-refractivity contribution in [3.63, 3.8) is 0 Å². The minimum Gasteiger partial charge on any atom is -0.361 e. The highest BCUT2D eigenvalue weighted by Crippen LogP contribution is 2.30. The standard InChI is InChI=1S/C23H16Cl2N6O/c24-15-6-8-27-22(11-15)31-13-16(29-30-31)12-28-23(32)19-10-14(4-5-20(19)25)17-2-1-3-21-18(17)7-9-26-21/h1-11,13,26H,12H2,(H,28,32). The first-order valence-electron chi connectivity index (χ1n) is 9.76. The number of pyridine rings is 1. The van der Waals surface area contributed by atoms with Crippen LogP contribution < -0.4 is 5.32 Å². The summed E-state index contributed by atoms with van der Waals surface area (Å²) < 4.78 is 1.50. The van der Waals surface area contributed by atoms with Crippen molar-refractivity contribution in [3.05, 3.63) is 94.5 Å². The predicted octanol–water partition coefficient (Wildman–Crippen LogP) is 5.05. The number of amides is 1. The first kappa shape index (κ1) is 20.2. The molecule has 0 fully saturated rings. The number of benzene rings is 2. The number of carbonyl (C=O) groups excluding carboxylic acids is 1. The maximum Gasteiger partial charge on any atom is 0.253 e. The molecule has 0 saturated heterocycles. The van der Waals surface area contributed by atoms with Crippen molar-refractivity contribution < 1.29 is 4.79 Å². The van der Waals surface area contributed by atoms with Crippen molar-refractivity contribution in [2.45, 2.75) is 6.54 Å². The van der Waals surface area contributed by atoms with Gasteiger partial charge in [-0.2, -0.15) is 0 Å². The summed E-state index contributed by atoms with van der Waals surface area (Å²) in [5.74, 6) is 0.241. The van der Waals surface area contributed by atoms with Crippen molar-refractivity contribution in [2.75, 3.05) is 0 Å². The molecule has 9 heteroatoms. The lowest BCUT2D eigenvalue weighted by Gasteiger charge is -2.09. The van der Waals surface area contributed by atoms with Crippen LogP contribution in [0.4, 0.5) is 0 Å². The Bertz CT molecular complexity index is 1440. The molecule has 2 aromatic carbocycles. The third-order valence-corrected chi connectivity index (χ3v) is 5.59. The number of H-pyrrole nitrogens is 1. The number of nitrogens with zero attached hydrogens (tertiary/aromatic N) is 4. The summed E-state index contributed by atoms with van der Waals surface area (Å²) in [6, 6.07) is 16.8. The van der Waals surface area contributed by atoms with Gasteiger partial charge in [0.2, 0.25) is 0 Å². The molecule has 1 amide bonds. The highest BCUT2D eigenvalue weighted by molar-refractivity contribution is 6.34. The van der Waals surface area contributed by atoms with Crippen LogP contribution in [0.5, 0.6) is 0 Å². The summed E-state index contributed by atoms with van der Waals surface area (Å²) in [7, 11) is 0. The van der Waals surface area contributed by atoms with E-state index in [0.717, 1.165) is 22.0 Å². The second kappa shape index (κ2) is 8.45. The lowest BCUT2D eigenvalue weighted by molar-refractivity contribution is 0.0950. The van der Waals surface area contributed by atoms with E-state index in [9.17, 15) is 4.79 Å². The van der Waals surface area contributed by atoms with Crippen molar-refractivity contribution in [2.24, 2.45) is 0 Å². The first-order chi connectivity index (χ1) is 15.6. The van der Waals surface area contributed by atoms with Gasteiger partial charge in [0.15, 0.2) is 5.82 Å². The summed E-state index contributed by atoms with van der Waals surface area (Å²) in [6.45, 7) is 0.188. The minimum absolute atomic E-state index is 0.188. The van der Waals surface area contributed by atoms with Gasteiger partial charge >= 0.3 is 0 Å². The van der Waals surface area contributed by atoms with E-state index in [0.29, 0.717) is 27.1 Å². The zero-order chi connectivity index (χ0) is 22.1. The van der Waals surface area contributed by atoms with E-state index >= 15 is 0 Å². The highest BCUT2D eigenvalue weighted by atomic mass is 35.5. The molecular weight excluding hydrogens is 447 g/mol. The molecule has 158 valence electrons. The van der Waals surface area contributed by atoms with Gasteiger partial charge in [0.05, 0.1) is 23.3 Å². The van der Waals surface area contributed by atoms with Crippen LogP contribution in [0.2, 0.25) is 10.0 Å². The van der Waals surface area contributed by atoms with Gasteiger partial charge in [-0.15, -0.1) is 5.10 Å². The molecule has 0 aliphatic rings. The fourth-order valence-corrected chi connectivity index (χ4v) is 3.84. The molecule has 32 heavy (non-hydrogen) atoms. The van der Waals surface area contributed by atoms with Gasteiger partial charge < -0.3 is 10.3 Å². The van der Waals surface area contributed by atoms with Crippen LogP contribution in [0, 0.1) is 0 Å². The van der Waals surface area contributed by atoms with Crippen molar-refractivity contribution >= 4 is 40.0 Å². The van der Waals surface area contributed by atoms with E-state index in [-0.39, 0.29) is 12.5 Å². The normalized spacial score (nSPS) is 11.1. The molecule has 7 nitrogen and oxygen atoms in total. The van der Waals surface area contributed by atoms with Gasteiger partial charge in [-0.3, -0.25) is 4.79 Å². The predicted molar refractivity (Wildman–Crippen MR) is 124 cm³/mol. The zero-order valence-corrected chi connectivity index (χ0v) is 18.1. The second-order valence-electron chi connectivity index (χ2n) is 7.11. The van der Waals surface area contributed by atoms with Crippen molar-refractivity contribution in [1.82, 2.24) is 30.3 Å². The third-order valence-electron chi connectivity index (χ3n) is 5.03. The lowest BCUT2D eigenvalue weighted by Crippen LogP contribution is -2.23. The van der Waals surface area contributed by atoms with Gasteiger partial charge in [0.1, 0.15) is 5.69 Å². The van der Waals surface area contributed by atoms with E-state index in [1.54, 1.807) is 36.7 Å². The molecular formula is C23H16Cl2N6O. The summed E-state index contributed by atoms with van der Waals surface area (Å²) in [4.78, 5) is 20.3. The SMILES string of the molecule is O=C(NCc1cn(-c2cc(Cl)ccn2)nn1)c1cc(-c2cccc3[nH]ccc23)ccc1Cl. The molecule has 0 aliphatic heterocycles. The summed E-state index contributed by atoms with van der Waals surface area (Å²) >= 11 is 12.3. The largest absolute Gasteiger partial charge is 0.361 e. The molecule has 0 saturated carbocycles. The average molecular weight is 463 g/mol. The van der Waals surface area contributed by atoms with E-state index in [1.807, 2.05) is 36.5 Å². The second-order valence-corrected chi connectivity index (χ2v) is 7.95. The molecule has 0 spiro atoms. The smallest absolute Gasteiger partial charge is 0.253 e. The van der Waals surface area contributed by atoms with E-state index in [2.05, 4.69) is 25.6 Å². The molecule has 0 radical (unpaired) electrons. The number of rotatable bonds is 5. The Morgan fingerprint density at radius 2 is 2.00 bits per heavy atom. The lowest BCUT2D eigenvalue weighted by atomic mass is 9.99. The molecule has 0 unspecified atom stereocenters. The third kappa shape index (κ3) is 3.95. The van der Waals surface area contributed by atoms with E-state index in [4.69, 9.17) is 23.2 Å². The quantitative estimate of drug-likeness (QED) is 0.382. The Labute approximate surface area is 193 Å². The van der Waals surface area contributed by atoms with Crippen LogP contribution in [0.1, 0.15) is 16.1 Å². The van der Waals surface area contributed by atoms with Crippen LogP contribution in [0.25, 0.3) is 27.8 Å². The van der Waals surface area contributed by atoms with Gasteiger partial charge in [-0.25, -0.2) is 9.67 Å². The molecule has 0 atom stereocenters. The van der Waals surface area contributed by atoms with Crippen molar-refractivity contribution in [1.29, 1.82) is 0 Å². The number of hydrogen-bond donors (Lipinski definition) is 2. The molecule has 3 aromatic heterocycles. The summed E-state index contributed by atoms with van der Waals surface area (Å²) in [5, 5.41) is 13.0. The van der Waals surface area contributed by atoms with Crippen LogP contribution in [0.3, 0.4) is 0 Å². The topological polar surface area (TPSA) is 88.5 Å². The Morgan fingerprint density at radius 1 is 1.09 bits per heavy atom. The van der Waals surface area contributed by atoms with Gasteiger partial charge in [-0.05, 0) is 41.5 Å². The average Bonchev–Trinajstić information content (AvgIpc) is 3.47. The number of aromatic amines is 1. The maximum absolute atomic E-state index is 12.9. The van der Waals surface area contributed by atoms with Crippen LogP contribution in [-0.4, -0.2) is 30.9 Å². The number of carbonyl (C=O) groups is 1. The summed E-state index contributed by atoms with van der Waals surface area (Å²) in [6.07, 6.45) is 5.16. The van der Waals surface area contributed by atoms with E-state index < -0.39 is 0 Å². The molecule has 3 heterocycles. The maximum atomic E-state index is 12.9. The Balaban J connectivity index is 1.35. The Hall–Kier alpha value is -3.68. The fraction of sp³-hybridized carbons (Fsp3) is 0.0435. The Morgan fingerprint density at radius 3 is 2.88 bits per heavy atom. The monoisotopic (exact) mass is 462 g/mol. The van der Waals surface area contributed by atoms with Crippen LogP contribution in [0.15, 0.2) is 73.2 Å². The molecule has 0 aliphatic carbocycles. The number of halogens is 2. The van der Waals surface area contributed by atoms with Gasteiger partial charge in [0, 0.05) is 34.4 Å². The molecule has 2 N–H and O–H groups in total. The summed E-state index contributed by atoms with van der Waals surface area (Å²) in [5.41, 5.74) is 3.92. The molecule has 0 bridgehead atoms. The zero-order valence-electron chi connectivity index (χ0n) is 16.6. The number of hydrogen-bond acceptors (Lipinski definition) is 4. The number of aromatic nitrogens is 5. The minimum atomic E-state index is -0.298. The fourth-order valence-electron chi connectivity index (χ4n) is 3.48. The first-order valence-corrected chi connectivity index (χ1v) is 10.5. The number of fused-ring (bicyclic) bond motifs is 1. The van der Waals surface area contributed by atoms with Gasteiger partial charge in [-0.1, -0.05) is 46.6 Å². The van der Waals surface area contributed by atoms with Gasteiger partial charge in [0.25, 0.3) is 5.91 Å². The highest BCUT2D eigenvalue weighted by Gasteiger charge is 2.14. The molecule has 5 rings (SSSR count). The van der Waals surface area contributed by atoms with Crippen LogP contribution in [-0.2, 0) is 6.54 Å². The Kier molecular flexibility index (Phi) is 5.34. The van der Waals surface area contributed by atoms with Crippen molar-refractivity contribution in [3.8, 4) is 16.9 Å². The molecule has 5 aromatic rings. The van der Waals surface area contributed by atoms with E-state index in [1.165, 1.54) is 4.68 Å². The van der Waals surface area contributed by atoms with Crippen LogP contribution >= 0.6 is 23.2 Å². The number of nitrogens with one attached hydrogen (secondary N) is 2.